The molecule has 0 bridgehead atoms. The predicted octanol–water partition coefficient (Wildman–Crippen LogP) is 2.79. The lowest BCUT2D eigenvalue weighted by molar-refractivity contribution is -0.117. The van der Waals surface area contributed by atoms with Crippen LogP contribution in [0.1, 0.15) is 48.4 Å². The molecule has 0 amide bonds. The molecule has 0 aliphatic heterocycles. The van der Waals surface area contributed by atoms with Gasteiger partial charge in [0, 0.05) is 13.0 Å². The smallest absolute Gasteiger partial charge is 0.211 e. The van der Waals surface area contributed by atoms with Crippen molar-refractivity contribution in [3.05, 3.63) is 34.4 Å². The lowest BCUT2D eigenvalue weighted by Crippen LogP contribution is -2.26. The Kier molecular flexibility index (Phi) is 6.55. The van der Waals surface area contributed by atoms with Gasteiger partial charge in [0.1, 0.15) is 5.78 Å². The van der Waals surface area contributed by atoms with Gasteiger partial charge in [-0.1, -0.05) is 17.7 Å². The topological polar surface area (TPSA) is 63.2 Å². The van der Waals surface area contributed by atoms with Gasteiger partial charge in [0.25, 0.3) is 0 Å². The minimum atomic E-state index is -3.28. The van der Waals surface area contributed by atoms with Crippen LogP contribution in [0.2, 0.25) is 0 Å². The summed E-state index contributed by atoms with van der Waals surface area (Å²) in [7, 11) is -3.28. The molecule has 0 heterocycles. The summed E-state index contributed by atoms with van der Waals surface area (Å²) in [6.45, 7) is 7.87. The number of Topliss-reactive ketones (excluding diaryl/α,β-unsaturated/α-hetero) is 1. The van der Waals surface area contributed by atoms with E-state index in [0.29, 0.717) is 25.8 Å². The fourth-order valence-electron chi connectivity index (χ4n) is 2.41. The van der Waals surface area contributed by atoms with E-state index in [1.807, 2.05) is 20.8 Å². The number of nitrogens with one attached hydrogen (secondary N) is 1. The molecule has 0 radical (unpaired) electrons. The molecular formula is C16H25NO3S. The lowest BCUT2D eigenvalue weighted by atomic mass is 10.0. The zero-order valence-corrected chi connectivity index (χ0v) is 14.1. The highest BCUT2D eigenvalue weighted by Crippen LogP contribution is 2.16. The van der Waals surface area contributed by atoms with Crippen LogP contribution in [-0.2, 0) is 21.4 Å². The van der Waals surface area contributed by atoms with E-state index >= 15 is 0 Å². The van der Waals surface area contributed by atoms with Crippen molar-refractivity contribution >= 4 is 15.8 Å². The molecule has 0 fully saturated rings. The number of unbranched alkanes of at least 4 members (excludes halogenated alkanes) is 1. The lowest BCUT2D eigenvalue weighted by Gasteiger charge is -2.12. The van der Waals surface area contributed by atoms with Gasteiger partial charge >= 0.3 is 0 Å². The first kappa shape index (κ1) is 17.9. The second kappa shape index (κ2) is 7.71. The normalized spacial score (nSPS) is 11.6. The van der Waals surface area contributed by atoms with E-state index in [9.17, 15) is 13.2 Å². The van der Waals surface area contributed by atoms with Crippen LogP contribution in [0, 0.1) is 20.8 Å². The number of hydrogen-bond acceptors (Lipinski definition) is 3. The summed E-state index contributed by atoms with van der Waals surface area (Å²) in [5.74, 6) is 0.177. The fourth-order valence-corrected chi connectivity index (χ4v) is 3.50. The molecule has 4 nitrogen and oxygen atoms in total. The molecule has 0 aliphatic rings. The highest BCUT2D eigenvalue weighted by Gasteiger charge is 2.12. The molecule has 0 saturated carbocycles. The average Bonchev–Trinajstić information content (AvgIpc) is 2.33. The van der Waals surface area contributed by atoms with Gasteiger partial charge < -0.3 is 4.79 Å². The number of benzene rings is 1. The second-order valence-corrected chi connectivity index (χ2v) is 7.60. The maximum absolute atomic E-state index is 11.9. The largest absolute Gasteiger partial charge is 0.300 e. The Bertz CT molecular complexity index is 583. The first-order valence-electron chi connectivity index (χ1n) is 7.25. The van der Waals surface area contributed by atoms with Gasteiger partial charge in [-0.15, -0.1) is 0 Å². The molecule has 21 heavy (non-hydrogen) atoms. The molecule has 5 heteroatoms. The van der Waals surface area contributed by atoms with Crippen molar-refractivity contribution in [1.29, 1.82) is 0 Å². The highest BCUT2D eigenvalue weighted by atomic mass is 32.2. The molecule has 1 aromatic carbocycles. The van der Waals surface area contributed by atoms with Crippen LogP contribution in [0.15, 0.2) is 12.1 Å². The Labute approximate surface area is 128 Å². The third-order valence-electron chi connectivity index (χ3n) is 3.50. The molecule has 1 aromatic rings. The monoisotopic (exact) mass is 311 g/mol. The van der Waals surface area contributed by atoms with Crippen molar-refractivity contribution in [3.63, 3.8) is 0 Å². The van der Waals surface area contributed by atoms with Crippen LogP contribution in [0.5, 0.6) is 0 Å². The molecule has 1 rings (SSSR count). The van der Waals surface area contributed by atoms with E-state index in [0.717, 1.165) is 16.7 Å². The van der Waals surface area contributed by atoms with Gasteiger partial charge in [0.2, 0.25) is 10.0 Å². The van der Waals surface area contributed by atoms with Gasteiger partial charge in [-0.05, 0) is 57.2 Å². The van der Waals surface area contributed by atoms with Gasteiger partial charge in [-0.3, -0.25) is 0 Å². The maximum Gasteiger partial charge on any atom is 0.211 e. The fraction of sp³-hybridized carbons (Fsp3) is 0.562. The van der Waals surface area contributed by atoms with E-state index in [2.05, 4.69) is 16.9 Å². The van der Waals surface area contributed by atoms with Gasteiger partial charge in [0.05, 0.1) is 5.75 Å². The van der Waals surface area contributed by atoms with Crippen molar-refractivity contribution in [2.75, 3.05) is 5.75 Å². The predicted molar refractivity (Wildman–Crippen MR) is 85.8 cm³/mol. The van der Waals surface area contributed by atoms with Crippen LogP contribution in [0.4, 0.5) is 0 Å². The van der Waals surface area contributed by atoms with E-state index in [1.54, 1.807) is 0 Å². The molecule has 0 saturated heterocycles. The first-order valence-corrected chi connectivity index (χ1v) is 8.90. The van der Waals surface area contributed by atoms with E-state index in [-0.39, 0.29) is 11.5 Å². The molecule has 0 aromatic heterocycles. The third-order valence-corrected chi connectivity index (χ3v) is 4.91. The van der Waals surface area contributed by atoms with E-state index in [4.69, 9.17) is 0 Å². The quantitative estimate of drug-likeness (QED) is 0.751. The molecule has 1 N–H and O–H groups in total. The Balaban J connectivity index is 2.56. The molecule has 0 spiro atoms. The van der Waals surface area contributed by atoms with Crippen LogP contribution < -0.4 is 4.72 Å². The second-order valence-electron chi connectivity index (χ2n) is 5.68. The maximum atomic E-state index is 11.9. The number of rotatable bonds is 8. The molecule has 118 valence electrons. The van der Waals surface area contributed by atoms with E-state index in [1.165, 1.54) is 12.5 Å². The highest BCUT2D eigenvalue weighted by molar-refractivity contribution is 7.89. The van der Waals surface area contributed by atoms with Crippen LogP contribution in [0.25, 0.3) is 0 Å². The minimum absolute atomic E-state index is 0.0736. The van der Waals surface area contributed by atoms with Crippen molar-refractivity contribution in [2.45, 2.75) is 53.5 Å². The zero-order valence-electron chi connectivity index (χ0n) is 13.3. The summed E-state index contributed by atoms with van der Waals surface area (Å²) in [5, 5.41) is 0. The van der Waals surface area contributed by atoms with Gasteiger partial charge in [0.15, 0.2) is 0 Å². The number of sulfonamides is 1. The van der Waals surface area contributed by atoms with Crippen molar-refractivity contribution in [3.8, 4) is 0 Å². The Morgan fingerprint density at radius 2 is 1.67 bits per heavy atom. The summed E-state index contributed by atoms with van der Waals surface area (Å²) in [4.78, 5) is 10.8. The third kappa shape index (κ3) is 6.40. The summed E-state index contributed by atoms with van der Waals surface area (Å²) in [6.07, 6.45) is 1.59. The van der Waals surface area contributed by atoms with E-state index < -0.39 is 10.0 Å². The summed E-state index contributed by atoms with van der Waals surface area (Å²) >= 11 is 0. The van der Waals surface area contributed by atoms with Gasteiger partial charge in [-0.2, -0.15) is 0 Å². The average molecular weight is 311 g/mol. The van der Waals surface area contributed by atoms with Crippen molar-refractivity contribution in [2.24, 2.45) is 0 Å². The zero-order chi connectivity index (χ0) is 16.0. The van der Waals surface area contributed by atoms with Crippen molar-refractivity contribution < 1.29 is 13.2 Å². The number of carbonyl (C=O) groups excluding carboxylic acids is 1. The Hall–Kier alpha value is -1.20. The summed E-state index contributed by atoms with van der Waals surface area (Å²) in [6, 6.07) is 4.12. The van der Waals surface area contributed by atoms with Crippen LogP contribution in [-0.4, -0.2) is 20.0 Å². The summed E-state index contributed by atoms with van der Waals surface area (Å²) < 4.78 is 26.5. The van der Waals surface area contributed by atoms with Crippen LogP contribution in [0.3, 0.4) is 0 Å². The van der Waals surface area contributed by atoms with Crippen LogP contribution >= 0.6 is 0 Å². The SMILES string of the molecule is CC(=O)CCCCS(=O)(=O)NCc1c(C)cc(C)cc1C. The van der Waals surface area contributed by atoms with Gasteiger partial charge in [-0.25, -0.2) is 13.1 Å². The minimum Gasteiger partial charge on any atom is -0.300 e. The standard InChI is InChI=1S/C16H25NO3S/c1-12-9-13(2)16(14(3)10-12)11-17-21(19,20)8-6-5-7-15(4)18/h9-10,17H,5-8,11H2,1-4H3. The van der Waals surface area contributed by atoms with Crippen molar-refractivity contribution in [1.82, 2.24) is 4.72 Å². The molecule has 0 aliphatic carbocycles. The Morgan fingerprint density at radius 3 is 2.19 bits per heavy atom. The number of ketones is 1. The molecule has 0 unspecified atom stereocenters. The molecular weight excluding hydrogens is 286 g/mol. The number of aryl methyl sites for hydroxylation is 3. The summed E-state index contributed by atoms with van der Waals surface area (Å²) in [5.41, 5.74) is 4.42. The molecule has 0 atom stereocenters. The number of carbonyl (C=O) groups is 1. The Morgan fingerprint density at radius 1 is 1.10 bits per heavy atom. The number of hydrogen-bond donors (Lipinski definition) is 1. The first-order chi connectivity index (χ1) is 9.71.